The normalized spacial score (nSPS) is 17.2. The van der Waals surface area contributed by atoms with Crippen molar-refractivity contribution in [3.05, 3.63) is 129 Å². The minimum atomic E-state index is -1.82. The lowest BCUT2D eigenvalue weighted by Crippen LogP contribution is -2.53. The van der Waals surface area contributed by atoms with Crippen LogP contribution in [0.1, 0.15) is 38.4 Å². The highest BCUT2D eigenvalue weighted by Gasteiger charge is 2.66. The van der Waals surface area contributed by atoms with Gasteiger partial charge in [0.15, 0.2) is 16.1 Å². The summed E-state index contributed by atoms with van der Waals surface area (Å²) >= 11 is 1.26. The van der Waals surface area contributed by atoms with Gasteiger partial charge in [0.2, 0.25) is 5.76 Å². The van der Waals surface area contributed by atoms with E-state index in [-0.39, 0.29) is 23.0 Å². The molecule has 4 heterocycles. The minimum absolute atomic E-state index is 0.0168. The molecule has 4 aromatic carbocycles. The summed E-state index contributed by atoms with van der Waals surface area (Å²) in [7, 11) is 1.58. The van der Waals surface area contributed by atoms with Gasteiger partial charge in [-0.2, -0.15) is 0 Å². The van der Waals surface area contributed by atoms with Gasteiger partial charge in [0, 0.05) is 5.56 Å². The van der Waals surface area contributed by atoms with Crippen LogP contribution in [-0.2, 0) is 16.9 Å². The van der Waals surface area contributed by atoms with Gasteiger partial charge < -0.3 is 14.1 Å². The Hall–Kier alpha value is -5.28. The van der Waals surface area contributed by atoms with Crippen molar-refractivity contribution in [3.8, 4) is 5.75 Å². The molecule has 1 unspecified atom stereocenters. The third-order valence-electron chi connectivity index (χ3n) is 8.70. The monoisotopic (exact) mass is 599 g/mol. The number of hydrogen-bond donors (Lipinski definition) is 0. The first-order valence-electron chi connectivity index (χ1n) is 14.2. The van der Waals surface area contributed by atoms with E-state index in [9.17, 15) is 9.59 Å². The summed E-state index contributed by atoms with van der Waals surface area (Å²) in [5, 5.41) is 0.604. The Labute approximate surface area is 255 Å². The van der Waals surface area contributed by atoms with Crippen molar-refractivity contribution in [1.29, 1.82) is 0 Å². The first kappa shape index (κ1) is 26.4. The lowest BCUT2D eigenvalue weighted by Gasteiger charge is -2.32. The number of methoxy groups -OCH3 is 1. The maximum atomic E-state index is 15.1. The summed E-state index contributed by atoms with van der Waals surface area (Å²) in [6.07, 6.45) is 0. The van der Waals surface area contributed by atoms with Crippen LogP contribution in [0.4, 0.5) is 10.8 Å². The van der Waals surface area contributed by atoms with Gasteiger partial charge in [0.1, 0.15) is 11.3 Å². The van der Waals surface area contributed by atoms with E-state index >= 15 is 4.79 Å². The molecular formula is C35H25N3O5S. The smallest absolute Gasteiger partial charge is 0.297 e. The highest BCUT2D eigenvalue weighted by Crippen LogP contribution is 2.55. The average molecular weight is 600 g/mol. The Morgan fingerprint density at radius 3 is 2.45 bits per heavy atom. The third-order valence-corrected chi connectivity index (χ3v) is 9.70. The number of aromatic nitrogens is 1. The van der Waals surface area contributed by atoms with E-state index < -0.39 is 22.8 Å². The van der Waals surface area contributed by atoms with Gasteiger partial charge in [-0.1, -0.05) is 59.9 Å². The molecule has 0 bridgehead atoms. The molecule has 0 saturated carbocycles. The second-order valence-corrected chi connectivity index (χ2v) is 12.2. The van der Waals surface area contributed by atoms with E-state index in [4.69, 9.17) is 14.1 Å². The number of amides is 2. The molecule has 6 aromatic rings. The second-order valence-electron chi connectivity index (χ2n) is 11.1. The largest absolute Gasteiger partial charge is 0.497 e. The Morgan fingerprint density at radius 2 is 1.66 bits per heavy atom. The van der Waals surface area contributed by atoms with Crippen molar-refractivity contribution in [2.75, 3.05) is 16.9 Å². The number of anilines is 2. The van der Waals surface area contributed by atoms with Crippen LogP contribution < -0.4 is 20.0 Å². The maximum Gasteiger partial charge on any atom is 0.297 e. The lowest BCUT2D eigenvalue weighted by atomic mass is 9.84. The molecule has 9 heteroatoms. The van der Waals surface area contributed by atoms with Gasteiger partial charge in [0.25, 0.3) is 11.8 Å². The maximum absolute atomic E-state index is 15.1. The summed E-state index contributed by atoms with van der Waals surface area (Å²) in [6.45, 7) is 4.09. The number of carbonyl (C=O) groups is 2. The Morgan fingerprint density at radius 1 is 0.909 bits per heavy atom. The molecule has 2 aliphatic rings. The number of aryl methyl sites for hydroxylation is 2. The third kappa shape index (κ3) is 3.44. The predicted molar refractivity (Wildman–Crippen MR) is 170 cm³/mol. The average Bonchev–Trinajstić information content (AvgIpc) is 3.64. The number of thiazole rings is 1. The zero-order chi connectivity index (χ0) is 30.3. The molecule has 2 amide bonds. The molecule has 1 atom stereocenters. The van der Waals surface area contributed by atoms with Crippen LogP contribution >= 0.6 is 11.3 Å². The molecule has 216 valence electrons. The second kappa shape index (κ2) is 9.36. The molecule has 0 radical (unpaired) electrons. The van der Waals surface area contributed by atoms with Gasteiger partial charge in [0.05, 0.1) is 40.5 Å². The highest BCUT2D eigenvalue weighted by atomic mass is 32.1. The van der Waals surface area contributed by atoms with Crippen LogP contribution in [0.3, 0.4) is 0 Å². The molecule has 0 fully saturated rings. The fourth-order valence-corrected chi connectivity index (χ4v) is 7.50. The van der Waals surface area contributed by atoms with Gasteiger partial charge >= 0.3 is 0 Å². The summed E-state index contributed by atoms with van der Waals surface area (Å²) in [5.74, 6) is -0.508. The van der Waals surface area contributed by atoms with Crippen LogP contribution in [0.2, 0.25) is 0 Å². The fourth-order valence-electron chi connectivity index (χ4n) is 6.46. The summed E-state index contributed by atoms with van der Waals surface area (Å²) < 4.78 is 12.5. The van der Waals surface area contributed by atoms with Crippen LogP contribution in [-0.4, -0.2) is 23.9 Å². The molecule has 8 nitrogen and oxygen atoms in total. The number of para-hydroxylation sites is 1. The predicted octanol–water partition coefficient (Wildman–Crippen LogP) is 6.48. The van der Waals surface area contributed by atoms with Gasteiger partial charge in [-0.05, 0) is 66.9 Å². The van der Waals surface area contributed by atoms with E-state index in [2.05, 4.69) is 0 Å². The summed E-state index contributed by atoms with van der Waals surface area (Å²) in [6, 6.07) is 26.0. The first-order chi connectivity index (χ1) is 21.3. The van der Waals surface area contributed by atoms with Crippen molar-refractivity contribution in [2.45, 2.75) is 25.9 Å². The van der Waals surface area contributed by atoms with Crippen molar-refractivity contribution in [1.82, 2.24) is 4.98 Å². The Kier molecular flexibility index (Phi) is 5.61. The van der Waals surface area contributed by atoms with E-state index in [1.54, 1.807) is 30.2 Å². The molecule has 2 aliphatic heterocycles. The molecule has 44 heavy (non-hydrogen) atoms. The standard InChI is InChI=1S/C35H25N3O5S/c1-19-15-23-27(16-20(19)2)43-31-29(30(23)39)35(38(32(31)40)34-36-25-14-13-22(42-3)17-28(25)44-34)24-11-7-8-12-26(24)37(33(35)41)18-21-9-5-4-6-10-21/h4-17H,18H2,1-3H3. The number of nitrogens with zero attached hydrogens (tertiary/aromatic N) is 3. The van der Waals surface area contributed by atoms with Gasteiger partial charge in [-0.15, -0.1) is 0 Å². The first-order valence-corrected chi connectivity index (χ1v) is 15.0. The SMILES string of the molecule is COc1ccc2nc(N3C(=O)c4oc5cc(C)c(C)cc5c(=O)c4C34C(=O)N(Cc3ccccc3)c3ccccc34)sc2c1. The van der Waals surface area contributed by atoms with Crippen LogP contribution in [0.25, 0.3) is 21.2 Å². The zero-order valence-corrected chi connectivity index (χ0v) is 24.9. The van der Waals surface area contributed by atoms with Crippen molar-refractivity contribution in [2.24, 2.45) is 0 Å². The van der Waals surface area contributed by atoms with E-state index in [1.165, 1.54) is 16.2 Å². The Balaban J connectivity index is 1.46. The number of hydrogen-bond acceptors (Lipinski definition) is 7. The Bertz CT molecular complexity index is 2260. The molecule has 2 aromatic heterocycles. The number of benzene rings is 4. The summed E-state index contributed by atoms with van der Waals surface area (Å²) in [5.41, 5.74) is 2.62. The lowest BCUT2D eigenvalue weighted by molar-refractivity contribution is -0.121. The molecular weight excluding hydrogens is 574 g/mol. The quantitative estimate of drug-likeness (QED) is 0.230. The number of fused-ring (bicyclic) bond motifs is 6. The number of carbonyl (C=O) groups excluding carboxylic acids is 2. The van der Waals surface area contributed by atoms with Crippen molar-refractivity contribution < 1.29 is 18.7 Å². The zero-order valence-electron chi connectivity index (χ0n) is 24.1. The van der Waals surface area contributed by atoms with E-state index in [0.717, 1.165) is 21.4 Å². The molecule has 8 rings (SSSR count). The number of ether oxygens (including phenoxy) is 1. The fraction of sp³-hybridized carbons (Fsp3) is 0.143. The summed E-state index contributed by atoms with van der Waals surface area (Å²) in [4.78, 5) is 52.2. The van der Waals surface area contributed by atoms with Crippen LogP contribution in [0, 0.1) is 13.8 Å². The molecule has 1 spiro atoms. The molecule has 0 saturated heterocycles. The highest BCUT2D eigenvalue weighted by molar-refractivity contribution is 7.22. The van der Waals surface area contributed by atoms with E-state index in [0.29, 0.717) is 33.5 Å². The molecule has 0 aliphatic carbocycles. The van der Waals surface area contributed by atoms with Crippen LogP contribution in [0.15, 0.2) is 94.1 Å². The van der Waals surface area contributed by atoms with Crippen molar-refractivity contribution >= 4 is 55.2 Å². The van der Waals surface area contributed by atoms with Gasteiger partial charge in [-0.3, -0.25) is 19.3 Å². The van der Waals surface area contributed by atoms with Crippen LogP contribution in [0.5, 0.6) is 5.75 Å². The number of rotatable bonds is 4. The molecule has 0 N–H and O–H groups in total. The van der Waals surface area contributed by atoms with Crippen molar-refractivity contribution in [3.63, 3.8) is 0 Å². The van der Waals surface area contributed by atoms with E-state index in [1.807, 2.05) is 80.6 Å². The van der Waals surface area contributed by atoms with Gasteiger partial charge in [-0.25, -0.2) is 4.98 Å². The topological polar surface area (TPSA) is 93.0 Å². The minimum Gasteiger partial charge on any atom is -0.497 e.